The fourth-order valence-electron chi connectivity index (χ4n) is 3.48. The lowest BCUT2D eigenvalue weighted by molar-refractivity contribution is -0.139. The molecular formula is C19H18Cl2FNO5S. The number of carboxylic acid groups (broad SMARTS) is 1. The van der Waals surface area contributed by atoms with Gasteiger partial charge in [0, 0.05) is 17.6 Å². The number of hydrogen-bond donors (Lipinski definition) is 1. The van der Waals surface area contributed by atoms with Crippen molar-refractivity contribution < 1.29 is 27.4 Å². The maximum atomic E-state index is 14.3. The van der Waals surface area contributed by atoms with Crippen LogP contribution in [0.15, 0.2) is 35.2 Å². The third-order valence-corrected chi connectivity index (χ3v) is 7.42. The van der Waals surface area contributed by atoms with E-state index in [2.05, 4.69) is 0 Å². The second kappa shape index (κ2) is 8.47. The van der Waals surface area contributed by atoms with Crippen LogP contribution in [0, 0.1) is 5.82 Å². The van der Waals surface area contributed by atoms with Crippen LogP contribution >= 0.6 is 23.2 Å². The van der Waals surface area contributed by atoms with Gasteiger partial charge in [-0.25, -0.2) is 17.6 Å². The highest BCUT2D eigenvalue weighted by atomic mass is 35.5. The lowest BCUT2D eigenvalue weighted by Gasteiger charge is -2.33. The van der Waals surface area contributed by atoms with Crippen molar-refractivity contribution in [3.05, 3.63) is 57.3 Å². The Labute approximate surface area is 177 Å². The Morgan fingerprint density at radius 3 is 2.72 bits per heavy atom. The Balaban J connectivity index is 2.03. The number of rotatable bonds is 6. The number of fused-ring (bicyclic) bond motifs is 1. The number of hydrogen-bond acceptors (Lipinski definition) is 4. The first kappa shape index (κ1) is 21.8. The van der Waals surface area contributed by atoms with E-state index in [-0.39, 0.29) is 20.7 Å². The van der Waals surface area contributed by atoms with E-state index in [1.54, 1.807) is 0 Å². The lowest BCUT2D eigenvalue weighted by atomic mass is 9.87. The van der Waals surface area contributed by atoms with Crippen molar-refractivity contribution in [2.24, 2.45) is 0 Å². The zero-order valence-electron chi connectivity index (χ0n) is 15.4. The van der Waals surface area contributed by atoms with Gasteiger partial charge >= 0.3 is 5.97 Å². The minimum atomic E-state index is -3.99. The third-order valence-electron chi connectivity index (χ3n) is 4.84. The quantitative estimate of drug-likeness (QED) is 0.693. The second-order valence-corrected chi connectivity index (χ2v) is 9.44. The van der Waals surface area contributed by atoms with Crippen molar-refractivity contribution >= 4 is 39.2 Å². The van der Waals surface area contributed by atoms with E-state index in [0.29, 0.717) is 30.4 Å². The normalized spacial score (nSPS) is 16.5. The molecule has 1 atom stereocenters. The minimum Gasteiger partial charge on any atom is -0.479 e. The summed E-state index contributed by atoms with van der Waals surface area (Å²) in [5.74, 6) is -2.07. The first-order valence-corrected chi connectivity index (χ1v) is 10.9. The molecular weight excluding hydrogens is 444 g/mol. The van der Waals surface area contributed by atoms with E-state index in [4.69, 9.17) is 33.0 Å². The SMILES string of the molecule is CN(C1CCCc2c1ccc(F)c2OCC(=O)O)S(=O)(=O)c1cc(Cl)ccc1Cl. The van der Waals surface area contributed by atoms with E-state index in [1.807, 2.05) is 0 Å². The van der Waals surface area contributed by atoms with Crippen LogP contribution in [0.4, 0.5) is 4.39 Å². The molecule has 0 saturated heterocycles. The number of carboxylic acids is 1. The molecule has 6 nitrogen and oxygen atoms in total. The zero-order chi connectivity index (χ0) is 21.3. The minimum absolute atomic E-state index is 0.0434. The summed E-state index contributed by atoms with van der Waals surface area (Å²) >= 11 is 12.0. The van der Waals surface area contributed by atoms with Crippen LogP contribution in [0.3, 0.4) is 0 Å². The van der Waals surface area contributed by atoms with Gasteiger partial charge in [0.25, 0.3) is 0 Å². The molecule has 29 heavy (non-hydrogen) atoms. The first-order valence-electron chi connectivity index (χ1n) is 8.72. The summed E-state index contributed by atoms with van der Waals surface area (Å²) in [4.78, 5) is 10.7. The molecule has 0 bridgehead atoms. The first-order chi connectivity index (χ1) is 13.6. The average molecular weight is 462 g/mol. The predicted molar refractivity (Wildman–Crippen MR) is 107 cm³/mol. The largest absolute Gasteiger partial charge is 0.479 e. The molecule has 0 saturated carbocycles. The van der Waals surface area contributed by atoms with Gasteiger partial charge in [-0.2, -0.15) is 4.31 Å². The highest BCUT2D eigenvalue weighted by molar-refractivity contribution is 7.89. The number of aliphatic carboxylic acids is 1. The highest BCUT2D eigenvalue weighted by Crippen LogP contribution is 2.42. The molecule has 3 rings (SSSR count). The smallest absolute Gasteiger partial charge is 0.341 e. The summed E-state index contributed by atoms with van der Waals surface area (Å²) in [5.41, 5.74) is 1.05. The van der Waals surface area contributed by atoms with Gasteiger partial charge in [0.05, 0.1) is 11.1 Å². The van der Waals surface area contributed by atoms with Crippen LogP contribution in [0.25, 0.3) is 0 Å². The Morgan fingerprint density at radius 2 is 2.03 bits per heavy atom. The van der Waals surface area contributed by atoms with Crippen molar-refractivity contribution in [2.75, 3.05) is 13.7 Å². The molecule has 0 amide bonds. The second-order valence-electron chi connectivity index (χ2n) is 6.63. The summed E-state index contributed by atoms with van der Waals surface area (Å²) in [6.45, 7) is -0.690. The number of ether oxygens (including phenoxy) is 1. The number of nitrogens with zero attached hydrogens (tertiary/aromatic N) is 1. The molecule has 10 heteroatoms. The summed E-state index contributed by atoms with van der Waals surface area (Å²) in [6.07, 6.45) is 1.53. The fourth-order valence-corrected chi connectivity index (χ4v) is 5.58. The molecule has 1 aliphatic rings. The van der Waals surface area contributed by atoms with E-state index in [1.165, 1.54) is 35.6 Å². The molecule has 1 unspecified atom stereocenters. The standard InChI is InChI=1S/C19H18Cl2FNO5S/c1-23(29(26,27)17-9-11(20)5-7-14(17)21)16-4-2-3-13-12(16)6-8-15(22)19(13)28-10-18(24)25/h5-9,16H,2-4,10H2,1H3,(H,24,25). The average Bonchev–Trinajstić information content (AvgIpc) is 2.67. The zero-order valence-corrected chi connectivity index (χ0v) is 17.7. The summed E-state index contributed by atoms with van der Waals surface area (Å²) in [6, 6.07) is 6.26. The molecule has 0 radical (unpaired) electrons. The molecule has 1 aliphatic carbocycles. The molecule has 0 spiro atoms. The lowest BCUT2D eigenvalue weighted by Crippen LogP contribution is -2.34. The predicted octanol–water partition coefficient (Wildman–Crippen LogP) is 4.29. The summed E-state index contributed by atoms with van der Waals surface area (Å²) < 4.78 is 47.0. The topological polar surface area (TPSA) is 83.9 Å². The van der Waals surface area contributed by atoms with E-state index in [0.717, 1.165) is 6.07 Å². The molecule has 0 heterocycles. The van der Waals surface area contributed by atoms with Gasteiger partial charge in [-0.3, -0.25) is 0 Å². The Morgan fingerprint density at radius 1 is 1.31 bits per heavy atom. The Bertz CT molecular complexity index is 1060. The van der Waals surface area contributed by atoms with E-state index < -0.39 is 34.5 Å². The summed E-state index contributed by atoms with van der Waals surface area (Å²) in [7, 11) is -2.57. The molecule has 0 fully saturated rings. The Hall–Kier alpha value is -1.87. The number of benzene rings is 2. The van der Waals surface area contributed by atoms with E-state index in [9.17, 15) is 17.6 Å². The van der Waals surface area contributed by atoms with Gasteiger partial charge in [0.1, 0.15) is 4.90 Å². The fraction of sp³-hybridized carbons (Fsp3) is 0.316. The van der Waals surface area contributed by atoms with Crippen LogP contribution in [0.2, 0.25) is 10.0 Å². The number of sulfonamides is 1. The van der Waals surface area contributed by atoms with Crippen molar-refractivity contribution in [1.29, 1.82) is 0 Å². The molecule has 0 aliphatic heterocycles. The molecule has 1 N–H and O–H groups in total. The number of carbonyl (C=O) groups is 1. The van der Waals surface area contributed by atoms with Gasteiger partial charge in [0.2, 0.25) is 10.0 Å². The maximum absolute atomic E-state index is 14.3. The van der Waals surface area contributed by atoms with Crippen molar-refractivity contribution in [2.45, 2.75) is 30.2 Å². The van der Waals surface area contributed by atoms with Crippen molar-refractivity contribution in [3.63, 3.8) is 0 Å². The monoisotopic (exact) mass is 461 g/mol. The number of halogens is 3. The van der Waals surface area contributed by atoms with Crippen LogP contribution in [-0.2, 0) is 21.2 Å². The molecule has 2 aromatic rings. The van der Waals surface area contributed by atoms with Gasteiger partial charge in [-0.15, -0.1) is 0 Å². The van der Waals surface area contributed by atoms with Gasteiger partial charge < -0.3 is 9.84 Å². The van der Waals surface area contributed by atoms with Gasteiger partial charge in [0.15, 0.2) is 18.2 Å². The summed E-state index contributed by atoms with van der Waals surface area (Å²) in [5, 5.41) is 9.11. The van der Waals surface area contributed by atoms with Crippen LogP contribution < -0.4 is 4.74 Å². The molecule has 2 aromatic carbocycles. The van der Waals surface area contributed by atoms with Crippen LogP contribution in [-0.4, -0.2) is 37.5 Å². The molecule has 0 aromatic heterocycles. The van der Waals surface area contributed by atoms with Gasteiger partial charge in [-0.1, -0.05) is 29.3 Å². The third kappa shape index (κ3) is 4.35. The maximum Gasteiger partial charge on any atom is 0.341 e. The van der Waals surface area contributed by atoms with Gasteiger partial charge in [-0.05, 0) is 49.1 Å². The van der Waals surface area contributed by atoms with Crippen LogP contribution in [0.1, 0.15) is 30.0 Å². The van der Waals surface area contributed by atoms with Crippen molar-refractivity contribution in [3.8, 4) is 5.75 Å². The molecule has 156 valence electrons. The van der Waals surface area contributed by atoms with Crippen LogP contribution in [0.5, 0.6) is 5.75 Å². The van der Waals surface area contributed by atoms with E-state index >= 15 is 0 Å². The highest BCUT2D eigenvalue weighted by Gasteiger charge is 2.35. The van der Waals surface area contributed by atoms with Crippen molar-refractivity contribution in [1.82, 2.24) is 4.31 Å². The Kier molecular flexibility index (Phi) is 6.38.